The Labute approximate surface area is 121 Å². The molecule has 1 amide bonds. The lowest BCUT2D eigenvalue weighted by atomic mass is 9.96. The maximum absolute atomic E-state index is 12.1. The number of aliphatic hydroxyl groups is 1. The highest BCUT2D eigenvalue weighted by molar-refractivity contribution is 6.46. The van der Waals surface area contributed by atoms with Crippen molar-refractivity contribution >= 4 is 17.4 Å². The van der Waals surface area contributed by atoms with E-state index in [0.29, 0.717) is 5.56 Å². The number of ketones is 1. The minimum atomic E-state index is -0.693. The van der Waals surface area contributed by atoms with E-state index in [9.17, 15) is 14.7 Å². The number of aliphatic hydroxyl groups excluding tert-OH is 1. The van der Waals surface area contributed by atoms with Crippen molar-refractivity contribution in [1.29, 1.82) is 0 Å². The molecule has 1 unspecified atom stereocenters. The van der Waals surface area contributed by atoms with Gasteiger partial charge in [-0.1, -0.05) is 60.7 Å². The van der Waals surface area contributed by atoms with Gasteiger partial charge in [-0.2, -0.15) is 0 Å². The number of benzene rings is 2. The second-order valence-electron chi connectivity index (χ2n) is 4.77. The lowest BCUT2D eigenvalue weighted by Gasteiger charge is -2.13. The van der Waals surface area contributed by atoms with Crippen molar-refractivity contribution in [2.24, 2.45) is 0 Å². The van der Waals surface area contributed by atoms with Crippen LogP contribution in [0, 0.1) is 0 Å². The standard InChI is InChI=1S/C17H13NO3/c19-15(12-9-5-2-6-10-12)13-14(18-17(21)16(13)20)11-7-3-1-4-8-11/h1-10,14,19H,(H,18,21). The largest absolute Gasteiger partial charge is 0.507 e. The summed E-state index contributed by atoms with van der Waals surface area (Å²) < 4.78 is 0. The first kappa shape index (κ1) is 13.1. The van der Waals surface area contributed by atoms with Crippen molar-refractivity contribution in [1.82, 2.24) is 5.32 Å². The molecular weight excluding hydrogens is 266 g/mol. The van der Waals surface area contributed by atoms with Crippen LogP contribution in [0.1, 0.15) is 17.2 Å². The smallest absolute Gasteiger partial charge is 0.293 e. The average Bonchev–Trinajstić information content (AvgIpc) is 2.84. The number of Topliss-reactive ketones (excluding diaryl/α,β-unsaturated/α-hetero) is 1. The molecule has 2 aromatic rings. The van der Waals surface area contributed by atoms with Gasteiger partial charge in [0.05, 0.1) is 11.6 Å². The molecule has 2 N–H and O–H groups in total. The second kappa shape index (κ2) is 5.25. The molecule has 1 aliphatic heterocycles. The van der Waals surface area contributed by atoms with Gasteiger partial charge in [0.2, 0.25) is 0 Å². The molecule has 1 heterocycles. The Kier molecular flexibility index (Phi) is 3.28. The van der Waals surface area contributed by atoms with Gasteiger partial charge in [0.1, 0.15) is 5.76 Å². The third-order valence-electron chi connectivity index (χ3n) is 3.45. The number of carbonyl (C=O) groups excluding carboxylic acids is 2. The molecule has 2 aromatic carbocycles. The fourth-order valence-electron chi connectivity index (χ4n) is 2.41. The van der Waals surface area contributed by atoms with Crippen molar-refractivity contribution in [3.63, 3.8) is 0 Å². The molecule has 1 saturated heterocycles. The number of nitrogens with one attached hydrogen (secondary N) is 1. The summed E-state index contributed by atoms with van der Waals surface area (Å²) in [5.74, 6) is -1.54. The van der Waals surface area contributed by atoms with Gasteiger partial charge in [0, 0.05) is 5.56 Å². The number of carbonyl (C=O) groups is 2. The third kappa shape index (κ3) is 2.31. The average molecular weight is 279 g/mol. The lowest BCUT2D eigenvalue weighted by molar-refractivity contribution is -0.133. The first-order chi connectivity index (χ1) is 10.2. The summed E-state index contributed by atoms with van der Waals surface area (Å²) >= 11 is 0. The van der Waals surface area contributed by atoms with Crippen LogP contribution in [-0.2, 0) is 9.59 Å². The van der Waals surface area contributed by atoms with Gasteiger partial charge in [-0.25, -0.2) is 0 Å². The van der Waals surface area contributed by atoms with Gasteiger partial charge in [-0.3, -0.25) is 9.59 Å². The molecule has 1 atom stereocenters. The summed E-state index contributed by atoms with van der Waals surface area (Å²) in [6, 6.07) is 17.2. The van der Waals surface area contributed by atoms with Crippen LogP contribution in [0.25, 0.3) is 5.76 Å². The Bertz CT molecular complexity index is 720. The maximum Gasteiger partial charge on any atom is 0.293 e. The van der Waals surface area contributed by atoms with E-state index in [0.717, 1.165) is 5.56 Å². The number of hydrogen-bond donors (Lipinski definition) is 2. The van der Waals surface area contributed by atoms with Crippen LogP contribution in [0.3, 0.4) is 0 Å². The van der Waals surface area contributed by atoms with E-state index < -0.39 is 17.7 Å². The predicted octanol–water partition coefficient (Wildman–Crippen LogP) is 2.40. The first-order valence-corrected chi connectivity index (χ1v) is 6.57. The van der Waals surface area contributed by atoms with E-state index in [1.807, 2.05) is 36.4 Å². The third-order valence-corrected chi connectivity index (χ3v) is 3.45. The second-order valence-corrected chi connectivity index (χ2v) is 4.77. The van der Waals surface area contributed by atoms with E-state index >= 15 is 0 Å². The van der Waals surface area contributed by atoms with E-state index in [1.165, 1.54) is 0 Å². The molecule has 0 aromatic heterocycles. The highest BCUT2D eigenvalue weighted by atomic mass is 16.3. The fourth-order valence-corrected chi connectivity index (χ4v) is 2.41. The quantitative estimate of drug-likeness (QED) is 0.504. The Morgan fingerprint density at radius 3 is 2.10 bits per heavy atom. The molecule has 4 heteroatoms. The highest BCUT2D eigenvalue weighted by Gasteiger charge is 2.39. The molecule has 0 aliphatic carbocycles. The van der Waals surface area contributed by atoms with Crippen LogP contribution in [0.15, 0.2) is 66.2 Å². The minimum Gasteiger partial charge on any atom is -0.507 e. The van der Waals surface area contributed by atoms with Gasteiger partial charge >= 0.3 is 0 Å². The summed E-state index contributed by atoms with van der Waals surface area (Å²) in [6.07, 6.45) is 0. The van der Waals surface area contributed by atoms with Crippen molar-refractivity contribution in [3.05, 3.63) is 77.4 Å². The summed E-state index contributed by atoms with van der Waals surface area (Å²) in [6.45, 7) is 0. The van der Waals surface area contributed by atoms with Crippen LogP contribution >= 0.6 is 0 Å². The van der Waals surface area contributed by atoms with Gasteiger partial charge in [0.25, 0.3) is 11.7 Å². The summed E-state index contributed by atoms with van der Waals surface area (Å²) in [7, 11) is 0. The zero-order valence-corrected chi connectivity index (χ0v) is 11.1. The zero-order chi connectivity index (χ0) is 14.8. The van der Waals surface area contributed by atoms with Crippen LogP contribution in [0.4, 0.5) is 0 Å². The number of amides is 1. The Morgan fingerprint density at radius 2 is 1.48 bits per heavy atom. The number of rotatable bonds is 2. The molecule has 4 nitrogen and oxygen atoms in total. The monoisotopic (exact) mass is 279 g/mol. The first-order valence-electron chi connectivity index (χ1n) is 6.57. The van der Waals surface area contributed by atoms with Crippen LogP contribution < -0.4 is 5.32 Å². The summed E-state index contributed by atoms with van der Waals surface area (Å²) in [5.41, 5.74) is 1.37. The maximum atomic E-state index is 12.1. The summed E-state index contributed by atoms with van der Waals surface area (Å²) in [4.78, 5) is 23.8. The van der Waals surface area contributed by atoms with Gasteiger partial charge < -0.3 is 10.4 Å². The highest BCUT2D eigenvalue weighted by Crippen LogP contribution is 2.32. The molecule has 0 saturated carbocycles. The molecular formula is C17H13NO3. The number of hydrogen-bond acceptors (Lipinski definition) is 3. The summed E-state index contributed by atoms with van der Waals surface area (Å²) in [5, 5.41) is 13.0. The van der Waals surface area contributed by atoms with Crippen molar-refractivity contribution in [3.8, 4) is 0 Å². The molecule has 104 valence electrons. The molecule has 1 fully saturated rings. The van der Waals surface area contributed by atoms with E-state index in [2.05, 4.69) is 5.32 Å². The van der Waals surface area contributed by atoms with E-state index in [4.69, 9.17) is 0 Å². The molecule has 21 heavy (non-hydrogen) atoms. The SMILES string of the molecule is O=C1NC(c2ccccc2)C(=C(O)c2ccccc2)C1=O. The zero-order valence-electron chi connectivity index (χ0n) is 11.1. The Balaban J connectivity index is 2.13. The molecule has 0 radical (unpaired) electrons. The van der Waals surface area contributed by atoms with Crippen molar-refractivity contribution in [2.45, 2.75) is 6.04 Å². The minimum absolute atomic E-state index is 0.0948. The topological polar surface area (TPSA) is 66.4 Å². The Morgan fingerprint density at radius 1 is 0.905 bits per heavy atom. The molecule has 3 rings (SSSR count). The van der Waals surface area contributed by atoms with Crippen molar-refractivity contribution < 1.29 is 14.7 Å². The van der Waals surface area contributed by atoms with Crippen LogP contribution in [-0.4, -0.2) is 16.8 Å². The molecule has 0 bridgehead atoms. The van der Waals surface area contributed by atoms with Crippen LogP contribution in [0.5, 0.6) is 0 Å². The molecule has 1 aliphatic rings. The van der Waals surface area contributed by atoms with Crippen LogP contribution in [0.2, 0.25) is 0 Å². The normalized spacial score (nSPS) is 20.3. The lowest BCUT2D eigenvalue weighted by Crippen LogP contribution is -2.21. The van der Waals surface area contributed by atoms with E-state index in [-0.39, 0.29) is 11.3 Å². The van der Waals surface area contributed by atoms with E-state index in [1.54, 1.807) is 24.3 Å². The van der Waals surface area contributed by atoms with Crippen molar-refractivity contribution in [2.75, 3.05) is 0 Å². The predicted molar refractivity (Wildman–Crippen MR) is 78.3 cm³/mol. The van der Waals surface area contributed by atoms with Gasteiger partial charge in [0.15, 0.2) is 0 Å². The molecule has 0 spiro atoms. The van der Waals surface area contributed by atoms with Gasteiger partial charge in [-0.15, -0.1) is 0 Å². The van der Waals surface area contributed by atoms with Gasteiger partial charge in [-0.05, 0) is 5.56 Å². The Hall–Kier alpha value is -2.88. The fraction of sp³-hybridized carbons (Fsp3) is 0.0588.